The molecule has 1 aliphatic rings. The van der Waals surface area contributed by atoms with Gasteiger partial charge in [-0.25, -0.2) is 0 Å². The first-order chi connectivity index (χ1) is 15.8. The van der Waals surface area contributed by atoms with Crippen molar-refractivity contribution in [1.82, 2.24) is 0 Å². The first kappa shape index (κ1) is 19.7. The van der Waals surface area contributed by atoms with Crippen LogP contribution in [0.3, 0.4) is 0 Å². The van der Waals surface area contributed by atoms with Gasteiger partial charge in [-0.15, -0.1) is 0 Å². The van der Waals surface area contributed by atoms with Gasteiger partial charge in [0.25, 0.3) is 0 Å². The third kappa shape index (κ3) is 4.26. The lowest BCUT2D eigenvalue weighted by atomic mass is 9.96. The normalized spacial score (nSPS) is 12.4. The van der Waals surface area contributed by atoms with E-state index in [1.165, 1.54) is 0 Å². The molecule has 2 heteroatoms. The van der Waals surface area contributed by atoms with Gasteiger partial charge in [0.2, 0.25) is 5.75 Å². The van der Waals surface area contributed by atoms with Gasteiger partial charge in [-0.3, -0.25) is 0 Å². The Morgan fingerprint density at radius 2 is 0.844 bits per heavy atom. The van der Waals surface area contributed by atoms with Crippen LogP contribution < -0.4 is 4.74 Å². The molecule has 4 aromatic carbocycles. The Kier molecular flexibility index (Phi) is 5.42. The lowest BCUT2D eigenvalue weighted by molar-refractivity contribution is 0.462. The summed E-state index contributed by atoms with van der Waals surface area (Å²) in [6.45, 7) is 0. The van der Waals surface area contributed by atoms with Crippen LogP contribution in [0.25, 0.3) is 36.5 Å². The maximum absolute atomic E-state index is 10.9. The molecule has 1 aliphatic heterocycles. The smallest absolute Gasteiger partial charge is 0.213 e. The lowest BCUT2D eigenvalue weighted by Crippen LogP contribution is -1.85. The monoisotopic (exact) mass is 414 g/mol. The molecule has 32 heavy (non-hydrogen) atoms. The predicted octanol–water partition coefficient (Wildman–Crippen LogP) is 8.01. The molecule has 0 aromatic heterocycles. The Labute approximate surface area is 188 Å². The van der Waals surface area contributed by atoms with Crippen molar-refractivity contribution in [2.45, 2.75) is 0 Å². The molecule has 0 unspecified atom stereocenters. The highest BCUT2D eigenvalue weighted by molar-refractivity contribution is 5.94. The van der Waals surface area contributed by atoms with Crippen LogP contribution in [0.1, 0.15) is 33.4 Å². The molecule has 1 heterocycles. The van der Waals surface area contributed by atoms with E-state index in [9.17, 15) is 5.11 Å². The van der Waals surface area contributed by atoms with E-state index in [0.29, 0.717) is 5.75 Å². The van der Waals surface area contributed by atoms with Crippen LogP contribution in [0.2, 0.25) is 0 Å². The summed E-state index contributed by atoms with van der Waals surface area (Å²) in [5.74, 6) is 1.47. The summed E-state index contributed by atoms with van der Waals surface area (Å²) in [4.78, 5) is 0. The minimum atomic E-state index is 0.178. The van der Waals surface area contributed by atoms with E-state index in [4.69, 9.17) is 4.74 Å². The van der Waals surface area contributed by atoms with Crippen molar-refractivity contribution in [3.05, 3.63) is 124 Å². The number of ether oxygens (including phenoxy) is 1. The zero-order chi connectivity index (χ0) is 21.8. The first-order valence-electron chi connectivity index (χ1n) is 10.6. The van der Waals surface area contributed by atoms with Crippen molar-refractivity contribution in [2.75, 3.05) is 0 Å². The van der Waals surface area contributed by atoms with Gasteiger partial charge >= 0.3 is 0 Å². The van der Waals surface area contributed by atoms with Gasteiger partial charge in [0.05, 0.1) is 0 Å². The van der Waals surface area contributed by atoms with E-state index in [0.717, 1.165) is 39.1 Å². The Hall–Kier alpha value is -4.30. The van der Waals surface area contributed by atoms with Crippen molar-refractivity contribution in [3.8, 4) is 17.2 Å². The molecular formula is C30H22O2. The van der Waals surface area contributed by atoms with Gasteiger partial charge in [0.1, 0.15) is 0 Å². The molecule has 2 nitrogen and oxygen atoms in total. The minimum absolute atomic E-state index is 0.178. The molecule has 0 saturated heterocycles. The van der Waals surface area contributed by atoms with E-state index in [-0.39, 0.29) is 5.75 Å². The van der Waals surface area contributed by atoms with Crippen LogP contribution in [-0.2, 0) is 0 Å². The van der Waals surface area contributed by atoms with Crippen molar-refractivity contribution in [1.29, 1.82) is 0 Å². The molecule has 1 N–H and O–H groups in total. The fourth-order valence-corrected chi connectivity index (χ4v) is 3.67. The second-order valence-corrected chi connectivity index (χ2v) is 7.58. The number of hydrogen-bond donors (Lipinski definition) is 1. The van der Waals surface area contributed by atoms with Gasteiger partial charge in [-0.1, -0.05) is 115 Å². The summed E-state index contributed by atoms with van der Waals surface area (Å²) in [6.07, 6.45) is 12.2. The Morgan fingerprint density at radius 3 is 1.31 bits per heavy atom. The van der Waals surface area contributed by atoms with E-state index < -0.39 is 0 Å². The lowest BCUT2D eigenvalue weighted by Gasteiger charge is -2.06. The molecular weight excluding hydrogens is 392 g/mol. The van der Waals surface area contributed by atoms with E-state index in [1.807, 2.05) is 85.0 Å². The molecule has 0 amide bonds. The Morgan fingerprint density at radius 1 is 0.438 bits per heavy atom. The molecule has 0 aliphatic carbocycles. The van der Waals surface area contributed by atoms with Crippen molar-refractivity contribution >= 4 is 36.5 Å². The third-order valence-electron chi connectivity index (χ3n) is 5.39. The number of aromatic hydroxyl groups is 1. The highest BCUT2D eigenvalue weighted by atomic mass is 16.6. The topological polar surface area (TPSA) is 32.8 Å². The maximum Gasteiger partial charge on any atom is 0.213 e. The standard InChI is InChI=1S/C30H22O2/c31-28-26(20-17-23-12-6-2-7-13-23)25(19-16-22-10-4-1-5-11-22)27(29-30(28)32-29)21-18-24-14-8-3-9-15-24/h1-21,31H/b19-16+,20-17+,21-18+. The average molecular weight is 415 g/mol. The highest BCUT2D eigenvalue weighted by Gasteiger charge is 2.33. The zero-order valence-electron chi connectivity index (χ0n) is 17.5. The summed E-state index contributed by atoms with van der Waals surface area (Å²) < 4.78 is 5.70. The molecule has 0 fully saturated rings. The summed E-state index contributed by atoms with van der Waals surface area (Å²) in [5.41, 5.74) is 5.88. The largest absolute Gasteiger partial charge is 0.504 e. The number of benzene rings is 4. The second-order valence-electron chi connectivity index (χ2n) is 7.58. The molecule has 154 valence electrons. The predicted molar refractivity (Wildman–Crippen MR) is 134 cm³/mol. The van der Waals surface area contributed by atoms with Crippen molar-refractivity contribution < 1.29 is 9.84 Å². The molecule has 0 bridgehead atoms. The minimum Gasteiger partial charge on any atom is -0.504 e. The van der Waals surface area contributed by atoms with E-state index >= 15 is 0 Å². The summed E-state index contributed by atoms with van der Waals surface area (Å²) in [7, 11) is 0. The summed E-state index contributed by atoms with van der Waals surface area (Å²) in [5, 5.41) is 10.9. The fraction of sp³-hybridized carbons (Fsp3) is 0. The maximum atomic E-state index is 10.9. The quantitative estimate of drug-likeness (QED) is 0.225. The number of phenols is 1. The molecule has 0 atom stereocenters. The van der Waals surface area contributed by atoms with Gasteiger partial charge in [-0.05, 0) is 34.4 Å². The van der Waals surface area contributed by atoms with E-state index in [2.05, 4.69) is 42.5 Å². The van der Waals surface area contributed by atoms with Crippen LogP contribution in [0, 0.1) is 0 Å². The molecule has 0 spiro atoms. The SMILES string of the molecule is Oc1c(/C=C/c2ccccc2)c(/C=C/c2ccccc2)c(/C=C/c2ccccc2)c2c1O2. The van der Waals surface area contributed by atoms with Crippen molar-refractivity contribution in [2.24, 2.45) is 0 Å². The van der Waals surface area contributed by atoms with Gasteiger partial charge in [0.15, 0.2) is 11.5 Å². The number of hydrogen-bond acceptors (Lipinski definition) is 2. The Balaban J connectivity index is 1.62. The number of rotatable bonds is 6. The number of fused-ring (bicyclic) bond motifs is 1. The summed E-state index contributed by atoms with van der Waals surface area (Å²) >= 11 is 0. The molecule has 4 aromatic rings. The third-order valence-corrected chi connectivity index (χ3v) is 5.39. The van der Waals surface area contributed by atoms with E-state index in [1.54, 1.807) is 0 Å². The van der Waals surface area contributed by atoms with Gasteiger partial charge in [-0.2, -0.15) is 0 Å². The molecule has 0 saturated carbocycles. The van der Waals surface area contributed by atoms with Crippen LogP contribution in [0.5, 0.6) is 17.2 Å². The average Bonchev–Trinajstić information content (AvgIpc) is 3.65. The number of phenolic OH excluding ortho intramolecular Hbond substituents is 1. The van der Waals surface area contributed by atoms with Gasteiger partial charge < -0.3 is 9.84 Å². The van der Waals surface area contributed by atoms with Crippen LogP contribution in [0.15, 0.2) is 91.0 Å². The zero-order valence-corrected chi connectivity index (χ0v) is 17.5. The van der Waals surface area contributed by atoms with Crippen LogP contribution >= 0.6 is 0 Å². The van der Waals surface area contributed by atoms with Crippen LogP contribution in [-0.4, -0.2) is 5.11 Å². The molecule has 0 radical (unpaired) electrons. The van der Waals surface area contributed by atoms with Crippen LogP contribution in [0.4, 0.5) is 0 Å². The van der Waals surface area contributed by atoms with Crippen molar-refractivity contribution in [3.63, 3.8) is 0 Å². The fourth-order valence-electron chi connectivity index (χ4n) is 3.67. The highest BCUT2D eigenvalue weighted by Crippen LogP contribution is 2.58. The Bertz CT molecular complexity index is 1320. The first-order valence-corrected chi connectivity index (χ1v) is 10.6. The summed E-state index contributed by atoms with van der Waals surface area (Å²) in [6, 6.07) is 30.4. The second kappa shape index (κ2) is 8.83. The molecule has 5 rings (SSSR count). The van der Waals surface area contributed by atoms with Gasteiger partial charge in [0, 0.05) is 11.1 Å².